The number of aryl methyl sites for hydroxylation is 1. The summed E-state index contributed by atoms with van der Waals surface area (Å²) in [6, 6.07) is 6.24. The summed E-state index contributed by atoms with van der Waals surface area (Å²) in [5, 5.41) is 1.31. The van der Waals surface area contributed by atoms with E-state index in [1.165, 1.54) is 18.5 Å². The van der Waals surface area contributed by atoms with Gasteiger partial charge in [0.2, 0.25) is 0 Å². The van der Waals surface area contributed by atoms with Crippen LogP contribution in [0, 0.1) is 10.5 Å². The second kappa shape index (κ2) is 3.20. The summed E-state index contributed by atoms with van der Waals surface area (Å²) in [4.78, 5) is 2.47. The molecule has 0 bridgehead atoms. The summed E-state index contributed by atoms with van der Waals surface area (Å²) in [6.45, 7) is 2.15. The van der Waals surface area contributed by atoms with Crippen molar-refractivity contribution in [2.45, 2.75) is 11.8 Å². The molecule has 12 heavy (non-hydrogen) atoms. The molecule has 62 valence electrons. The summed E-state index contributed by atoms with van der Waals surface area (Å²) in [5.74, 6) is 0. The van der Waals surface area contributed by atoms with E-state index in [0.29, 0.717) is 0 Å². The third-order valence-electron chi connectivity index (χ3n) is 1.80. The van der Waals surface area contributed by atoms with Crippen LogP contribution in [0.15, 0.2) is 23.1 Å². The smallest absolute Gasteiger partial charge is 0.0367 e. The summed E-state index contributed by atoms with van der Waals surface area (Å²) >= 11 is 8.66. The molecule has 2 aromatic rings. The van der Waals surface area contributed by atoms with E-state index < -0.39 is 0 Å². The predicted octanol–water partition coefficient (Wildman–Crippen LogP) is 4.10. The lowest BCUT2D eigenvalue weighted by Gasteiger charge is -1.94. The van der Waals surface area contributed by atoms with Crippen LogP contribution in [-0.2, 0) is 0 Å². The minimum absolute atomic E-state index is 1.08. The number of thiol groups is 1. The van der Waals surface area contributed by atoms with Gasteiger partial charge in [0.15, 0.2) is 0 Å². The highest BCUT2D eigenvalue weighted by Crippen LogP contribution is 2.35. The zero-order valence-corrected chi connectivity index (χ0v) is 10.3. The Balaban J connectivity index is 2.97. The third kappa shape index (κ3) is 1.28. The van der Waals surface area contributed by atoms with Crippen LogP contribution in [0.3, 0.4) is 0 Å². The number of thiophene rings is 1. The Labute approximate surface area is 94.5 Å². The number of rotatable bonds is 0. The van der Waals surface area contributed by atoms with Gasteiger partial charge in [-0.15, -0.1) is 24.0 Å². The van der Waals surface area contributed by atoms with Crippen molar-refractivity contribution in [1.82, 2.24) is 0 Å². The van der Waals surface area contributed by atoms with Crippen molar-refractivity contribution in [1.29, 1.82) is 0 Å². The molecule has 0 aliphatic heterocycles. The monoisotopic (exact) mass is 306 g/mol. The maximum absolute atomic E-state index is 4.44. The topological polar surface area (TPSA) is 0 Å². The van der Waals surface area contributed by atoms with Crippen LogP contribution in [-0.4, -0.2) is 0 Å². The van der Waals surface area contributed by atoms with Crippen molar-refractivity contribution in [3.05, 3.63) is 26.6 Å². The molecule has 0 unspecified atom stereocenters. The molecule has 0 radical (unpaired) electrons. The number of halogens is 1. The molecule has 0 atom stereocenters. The molecule has 1 aromatic carbocycles. The molecule has 0 N–H and O–H groups in total. The highest BCUT2D eigenvalue weighted by atomic mass is 127. The molecule has 0 saturated carbocycles. The maximum Gasteiger partial charge on any atom is 0.0367 e. The molecule has 0 aliphatic carbocycles. The van der Waals surface area contributed by atoms with Gasteiger partial charge < -0.3 is 0 Å². The van der Waals surface area contributed by atoms with Gasteiger partial charge in [0.05, 0.1) is 0 Å². The first-order chi connectivity index (χ1) is 5.70. The van der Waals surface area contributed by atoms with E-state index >= 15 is 0 Å². The van der Waals surface area contributed by atoms with Gasteiger partial charge in [0, 0.05) is 23.4 Å². The van der Waals surface area contributed by atoms with Crippen molar-refractivity contribution in [3.63, 3.8) is 0 Å². The lowest BCUT2D eigenvalue weighted by Crippen LogP contribution is -1.71. The SMILES string of the molecule is Cc1sc2cccc(S)c2c1I. The number of hydrogen-bond acceptors (Lipinski definition) is 2. The van der Waals surface area contributed by atoms with E-state index in [1.807, 2.05) is 17.4 Å². The fourth-order valence-corrected chi connectivity index (χ4v) is 3.89. The molecule has 0 nitrogen and oxygen atoms in total. The van der Waals surface area contributed by atoms with Crippen molar-refractivity contribution in [3.8, 4) is 0 Å². The summed E-state index contributed by atoms with van der Waals surface area (Å²) in [5.41, 5.74) is 0. The van der Waals surface area contributed by atoms with E-state index in [1.54, 1.807) is 0 Å². The fraction of sp³-hybridized carbons (Fsp3) is 0.111. The highest BCUT2D eigenvalue weighted by Gasteiger charge is 2.07. The normalized spacial score (nSPS) is 10.9. The van der Waals surface area contributed by atoms with Crippen molar-refractivity contribution >= 4 is 56.6 Å². The lowest BCUT2D eigenvalue weighted by molar-refractivity contribution is 1.54. The van der Waals surface area contributed by atoms with Crippen LogP contribution >= 0.6 is 46.6 Å². The fourth-order valence-electron chi connectivity index (χ4n) is 1.21. The second-order valence-corrected chi connectivity index (χ2v) is 5.44. The largest absolute Gasteiger partial charge is 0.143 e. The molecule has 0 saturated heterocycles. The molecule has 0 spiro atoms. The summed E-state index contributed by atoms with van der Waals surface area (Å²) < 4.78 is 2.68. The third-order valence-corrected chi connectivity index (χ3v) is 4.95. The average molecular weight is 306 g/mol. The zero-order valence-electron chi connectivity index (χ0n) is 6.47. The van der Waals surface area contributed by atoms with Crippen molar-refractivity contribution < 1.29 is 0 Å². The van der Waals surface area contributed by atoms with Gasteiger partial charge in [-0.25, -0.2) is 0 Å². The van der Waals surface area contributed by atoms with Gasteiger partial charge in [0.1, 0.15) is 0 Å². The molecular weight excluding hydrogens is 299 g/mol. The molecule has 0 amide bonds. The minimum Gasteiger partial charge on any atom is -0.143 e. The zero-order chi connectivity index (χ0) is 8.72. The van der Waals surface area contributed by atoms with E-state index in [-0.39, 0.29) is 0 Å². The van der Waals surface area contributed by atoms with E-state index in [9.17, 15) is 0 Å². The first-order valence-corrected chi connectivity index (χ1v) is 5.91. The predicted molar refractivity (Wildman–Crippen MR) is 66.5 cm³/mol. The van der Waals surface area contributed by atoms with Crippen LogP contribution in [0.5, 0.6) is 0 Å². The minimum atomic E-state index is 1.08. The van der Waals surface area contributed by atoms with Gasteiger partial charge in [0.25, 0.3) is 0 Å². The van der Waals surface area contributed by atoms with Crippen molar-refractivity contribution in [2.75, 3.05) is 0 Å². The van der Waals surface area contributed by atoms with Gasteiger partial charge in [-0.1, -0.05) is 6.07 Å². The molecule has 1 heterocycles. The lowest BCUT2D eigenvalue weighted by atomic mass is 10.2. The molecule has 3 heteroatoms. The Kier molecular flexibility index (Phi) is 2.35. The van der Waals surface area contributed by atoms with Crippen LogP contribution < -0.4 is 0 Å². The number of hydrogen-bond donors (Lipinski definition) is 1. The summed E-state index contributed by atoms with van der Waals surface area (Å²) in [7, 11) is 0. The Morgan fingerprint density at radius 2 is 2.17 bits per heavy atom. The quantitative estimate of drug-likeness (QED) is 0.550. The van der Waals surface area contributed by atoms with E-state index in [2.05, 4.69) is 54.3 Å². The second-order valence-electron chi connectivity index (χ2n) is 2.62. The van der Waals surface area contributed by atoms with Gasteiger partial charge in [-0.2, -0.15) is 0 Å². The standard InChI is InChI=1S/C9H7IS2/c1-5-9(10)8-6(11)3-2-4-7(8)12-5/h2-4,11H,1H3. The van der Waals surface area contributed by atoms with Crippen LogP contribution in [0.25, 0.3) is 10.1 Å². The van der Waals surface area contributed by atoms with Crippen LogP contribution in [0.2, 0.25) is 0 Å². The Morgan fingerprint density at radius 1 is 1.42 bits per heavy atom. The van der Waals surface area contributed by atoms with Gasteiger partial charge >= 0.3 is 0 Å². The Morgan fingerprint density at radius 3 is 2.83 bits per heavy atom. The molecule has 0 fully saturated rings. The first-order valence-electron chi connectivity index (χ1n) is 3.56. The summed E-state index contributed by atoms with van der Waals surface area (Å²) in [6.07, 6.45) is 0. The highest BCUT2D eigenvalue weighted by molar-refractivity contribution is 14.1. The molecule has 1 aromatic heterocycles. The van der Waals surface area contributed by atoms with Gasteiger partial charge in [-0.3, -0.25) is 0 Å². The van der Waals surface area contributed by atoms with E-state index in [0.717, 1.165) is 4.90 Å². The van der Waals surface area contributed by atoms with Crippen molar-refractivity contribution in [2.24, 2.45) is 0 Å². The molecular formula is C9H7IS2. The van der Waals surface area contributed by atoms with Crippen LogP contribution in [0.4, 0.5) is 0 Å². The Bertz CT molecular complexity index is 431. The Hall–Kier alpha value is 0.260. The average Bonchev–Trinajstić information content (AvgIpc) is 2.29. The number of benzene rings is 1. The molecule has 0 aliphatic rings. The maximum atomic E-state index is 4.44. The van der Waals surface area contributed by atoms with Crippen LogP contribution in [0.1, 0.15) is 4.88 Å². The van der Waals surface area contributed by atoms with E-state index in [4.69, 9.17) is 0 Å². The first kappa shape index (κ1) is 8.84. The number of fused-ring (bicyclic) bond motifs is 1. The molecule has 2 rings (SSSR count). The van der Waals surface area contributed by atoms with Gasteiger partial charge in [-0.05, 0) is 41.6 Å².